The number of benzene rings is 2. The Labute approximate surface area is 147 Å². The van der Waals surface area contributed by atoms with Crippen molar-refractivity contribution in [3.05, 3.63) is 69.7 Å². The molecule has 5 heteroatoms. The summed E-state index contributed by atoms with van der Waals surface area (Å²) in [5, 5.41) is 6.11. The number of hydrogen-bond donors (Lipinski definition) is 2. The molecule has 0 atom stereocenters. The van der Waals surface area contributed by atoms with Gasteiger partial charge in [0.1, 0.15) is 0 Å². The van der Waals surface area contributed by atoms with Crippen molar-refractivity contribution >= 4 is 23.4 Å². The number of nitrogens with one attached hydrogen (secondary N) is 2. The molecule has 0 aromatic heterocycles. The van der Waals surface area contributed by atoms with Gasteiger partial charge in [-0.05, 0) is 61.2 Å². The minimum Gasteiger partial charge on any atom is -0.354 e. The highest BCUT2D eigenvalue weighted by atomic mass is 35.5. The Hall–Kier alpha value is -2.33. The summed E-state index contributed by atoms with van der Waals surface area (Å²) in [6, 6.07) is 13.0. The maximum absolute atomic E-state index is 12.0. The van der Waals surface area contributed by atoms with Gasteiger partial charge in [-0.2, -0.15) is 0 Å². The molecule has 0 bridgehead atoms. The summed E-state index contributed by atoms with van der Waals surface area (Å²) in [5.74, 6) is -0.452. The van der Waals surface area contributed by atoms with Crippen LogP contribution in [0.2, 0.25) is 5.02 Å². The zero-order chi connectivity index (χ0) is 17.5. The molecule has 0 heterocycles. The minimum atomic E-state index is -0.244. The Kier molecular flexibility index (Phi) is 6.38. The summed E-state index contributed by atoms with van der Waals surface area (Å²) in [4.78, 5) is 23.8. The van der Waals surface area contributed by atoms with Crippen molar-refractivity contribution in [1.82, 2.24) is 10.6 Å². The second-order valence-corrected chi connectivity index (χ2v) is 6.14. The molecular formula is C19H21ClN2O2. The van der Waals surface area contributed by atoms with Gasteiger partial charge >= 0.3 is 0 Å². The zero-order valence-electron chi connectivity index (χ0n) is 13.9. The quantitative estimate of drug-likeness (QED) is 0.846. The van der Waals surface area contributed by atoms with E-state index in [9.17, 15) is 9.59 Å². The van der Waals surface area contributed by atoms with Crippen molar-refractivity contribution in [3.63, 3.8) is 0 Å². The van der Waals surface area contributed by atoms with Crippen molar-refractivity contribution in [1.29, 1.82) is 0 Å². The van der Waals surface area contributed by atoms with Crippen LogP contribution in [0.5, 0.6) is 0 Å². The molecule has 0 saturated carbocycles. The van der Waals surface area contributed by atoms with E-state index in [1.807, 2.05) is 50.2 Å². The fourth-order valence-electron chi connectivity index (χ4n) is 2.21. The van der Waals surface area contributed by atoms with Crippen LogP contribution in [-0.2, 0) is 11.2 Å². The largest absolute Gasteiger partial charge is 0.354 e. The van der Waals surface area contributed by atoms with Gasteiger partial charge in [-0.1, -0.05) is 29.8 Å². The van der Waals surface area contributed by atoms with Gasteiger partial charge in [0.15, 0.2) is 0 Å². The summed E-state index contributed by atoms with van der Waals surface area (Å²) >= 11 is 5.83. The molecule has 2 rings (SSSR count). The fourth-order valence-corrected chi connectivity index (χ4v) is 2.33. The van der Waals surface area contributed by atoms with E-state index in [1.54, 1.807) is 6.07 Å². The molecule has 126 valence electrons. The first-order valence-electron chi connectivity index (χ1n) is 7.82. The Balaban J connectivity index is 1.73. The van der Waals surface area contributed by atoms with E-state index in [-0.39, 0.29) is 18.4 Å². The molecule has 0 radical (unpaired) electrons. The molecule has 0 spiro atoms. The Morgan fingerprint density at radius 1 is 0.958 bits per heavy atom. The summed E-state index contributed by atoms with van der Waals surface area (Å²) in [6.45, 7) is 4.42. The summed E-state index contributed by atoms with van der Waals surface area (Å²) in [6.07, 6.45) is 0.716. The van der Waals surface area contributed by atoms with E-state index in [1.165, 1.54) is 0 Å². The zero-order valence-corrected chi connectivity index (χ0v) is 14.6. The predicted octanol–water partition coefficient (Wildman–Crippen LogP) is 3.05. The average molecular weight is 345 g/mol. The van der Waals surface area contributed by atoms with Gasteiger partial charge in [0.2, 0.25) is 5.91 Å². The van der Waals surface area contributed by atoms with Crippen LogP contribution in [0.15, 0.2) is 42.5 Å². The lowest BCUT2D eigenvalue weighted by atomic mass is 10.1. The highest BCUT2D eigenvalue weighted by Crippen LogP contribution is 2.10. The SMILES string of the molecule is Cc1ccc(C(=O)NCC(=O)NCCc2ccc(Cl)cc2)cc1C. The lowest BCUT2D eigenvalue weighted by Crippen LogP contribution is -2.37. The third-order valence-corrected chi connectivity index (χ3v) is 4.08. The summed E-state index contributed by atoms with van der Waals surface area (Å²) in [7, 11) is 0. The van der Waals surface area contributed by atoms with Crippen LogP contribution in [-0.4, -0.2) is 24.9 Å². The van der Waals surface area contributed by atoms with E-state index in [2.05, 4.69) is 10.6 Å². The number of rotatable bonds is 6. The second-order valence-electron chi connectivity index (χ2n) is 5.71. The molecule has 2 amide bonds. The highest BCUT2D eigenvalue weighted by Gasteiger charge is 2.08. The van der Waals surface area contributed by atoms with E-state index >= 15 is 0 Å². The molecule has 0 fully saturated rings. The van der Waals surface area contributed by atoms with Crippen LogP contribution in [0.25, 0.3) is 0 Å². The van der Waals surface area contributed by atoms with Gasteiger partial charge in [0, 0.05) is 17.1 Å². The second kappa shape index (κ2) is 8.50. The minimum absolute atomic E-state index is 0.0353. The first-order chi connectivity index (χ1) is 11.5. The molecule has 2 aromatic rings. The van der Waals surface area contributed by atoms with Gasteiger partial charge in [-0.25, -0.2) is 0 Å². The number of carbonyl (C=O) groups is 2. The van der Waals surface area contributed by atoms with Gasteiger partial charge in [-0.15, -0.1) is 0 Å². The average Bonchev–Trinajstić information content (AvgIpc) is 2.57. The van der Waals surface area contributed by atoms with Crippen LogP contribution < -0.4 is 10.6 Å². The molecular weight excluding hydrogens is 324 g/mol. The van der Waals surface area contributed by atoms with Crippen LogP contribution in [0.3, 0.4) is 0 Å². The fraction of sp³-hybridized carbons (Fsp3) is 0.263. The molecule has 0 aliphatic rings. The predicted molar refractivity (Wildman–Crippen MR) is 96.4 cm³/mol. The van der Waals surface area contributed by atoms with Gasteiger partial charge < -0.3 is 10.6 Å². The molecule has 4 nitrogen and oxygen atoms in total. The molecule has 0 aliphatic heterocycles. The van der Waals surface area contributed by atoms with Crippen LogP contribution in [0, 0.1) is 13.8 Å². The lowest BCUT2D eigenvalue weighted by molar-refractivity contribution is -0.120. The Morgan fingerprint density at radius 3 is 2.33 bits per heavy atom. The van der Waals surface area contributed by atoms with E-state index in [0.717, 1.165) is 16.7 Å². The maximum Gasteiger partial charge on any atom is 0.251 e. The molecule has 0 unspecified atom stereocenters. The number of aryl methyl sites for hydroxylation is 2. The van der Waals surface area contributed by atoms with Crippen LogP contribution >= 0.6 is 11.6 Å². The first kappa shape index (κ1) is 18.0. The molecule has 0 aliphatic carbocycles. The first-order valence-corrected chi connectivity index (χ1v) is 8.20. The van der Waals surface area contributed by atoms with E-state index in [4.69, 9.17) is 11.6 Å². The summed E-state index contributed by atoms with van der Waals surface area (Å²) < 4.78 is 0. The Bertz CT molecular complexity index is 727. The van der Waals surface area contributed by atoms with Gasteiger partial charge in [-0.3, -0.25) is 9.59 Å². The summed E-state index contributed by atoms with van der Waals surface area (Å²) in [5.41, 5.74) is 3.84. The van der Waals surface area contributed by atoms with Crippen molar-refractivity contribution in [2.24, 2.45) is 0 Å². The molecule has 2 N–H and O–H groups in total. The Morgan fingerprint density at radius 2 is 1.67 bits per heavy atom. The smallest absolute Gasteiger partial charge is 0.251 e. The van der Waals surface area contributed by atoms with Crippen LogP contribution in [0.1, 0.15) is 27.0 Å². The molecule has 0 saturated heterocycles. The highest BCUT2D eigenvalue weighted by molar-refractivity contribution is 6.30. The monoisotopic (exact) mass is 344 g/mol. The maximum atomic E-state index is 12.0. The number of amides is 2. The van der Waals surface area contributed by atoms with Crippen LogP contribution in [0.4, 0.5) is 0 Å². The molecule has 2 aromatic carbocycles. The van der Waals surface area contributed by atoms with Crippen molar-refractivity contribution in [2.45, 2.75) is 20.3 Å². The normalized spacial score (nSPS) is 10.3. The number of hydrogen-bond acceptors (Lipinski definition) is 2. The molecule has 24 heavy (non-hydrogen) atoms. The number of carbonyl (C=O) groups excluding carboxylic acids is 2. The number of halogens is 1. The standard InChI is InChI=1S/C19H21ClN2O2/c1-13-3-6-16(11-14(13)2)19(24)22-12-18(23)21-10-9-15-4-7-17(20)8-5-15/h3-8,11H,9-10,12H2,1-2H3,(H,21,23)(H,22,24). The van der Waals surface area contributed by atoms with Gasteiger partial charge in [0.25, 0.3) is 5.91 Å². The third kappa shape index (κ3) is 5.39. The van der Waals surface area contributed by atoms with E-state index < -0.39 is 0 Å². The van der Waals surface area contributed by atoms with Gasteiger partial charge in [0.05, 0.1) is 6.54 Å². The third-order valence-electron chi connectivity index (χ3n) is 3.83. The van der Waals surface area contributed by atoms with Crippen molar-refractivity contribution in [3.8, 4) is 0 Å². The lowest BCUT2D eigenvalue weighted by Gasteiger charge is -2.08. The van der Waals surface area contributed by atoms with Crippen molar-refractivity contribution < 1.29 is 9.59 Å². The van der Waals surface area contributed by atoms with Crippen molar-refractivity contribution in [2.75, 3.05) is 13.1 Å². The van der Waals surface area contributed by atoms with E-state index in [0.29, 0.717) is 23.6 Å². The topological polar surface area (TPSA) is 58.2 Å².